The number of ketones is 1. The number of fused-ring (bicyclic) bond motifs is 1. The molecule has 2 aliphatic rings. The van der Waals surface area contributed by atoms with Gasteiger partial charge in [-0.1, -0.05) is 31.2 Å². The van der Waals surface area contributed by atoms with Crippen molar-refractivity contribution in [2.45, 2.75) is 13.8 Å². The monoisotopic (exact) mass is 205 g/mol. The van der Waals surface area contributed by atoms with Crippen molar-refractivity contribution in [1.29, 1.82) is 0 Å². The van der Waals surface area contributed by atoms with E-state index in [-0.39, 0.29) is 5.78 Å². The summed E-state index contributed by atoms with van der Waals surface area (Å²) < 4.78 is 0. The van der Waals surface area contributed by atoms with Gasteiger partial charge in [-0.05, 0) is 24.7 Å². The van der Waals surface area contributed by atoms with Gasteiger partial charge in [-0.15, -0.1) is 0 Å². The van der Waals surface area contributed by atoms with E-state index in [1.807, 2.05) is 0 Å². The van der Waals surface area contributed by atoms with E-state index < -0.39 is 0 Å². The number of carbonyl (C=O) groups is 1. The summed E-state index contributed by atoms with van der Waals surface area (Å²) in [6.07, 6.45) is 8.89. The molecule has 0 saturated carbocycles. The van der Waals surface area contributed by atoms with Crippen LogP contribution in [0.5, 0.6) is 0 Å². The van der Waals surface area contributed by atoms with E-state index in [4.69, 9.17) is 0 Å². The van der Waals surface area contributed by atoms with Gasteiger partial charge in [0.15, 0.2) is 0 Å². The first-order valence-corrected chi connectivity index (χ1v) is 5.73. The maximum Gasteiger partial charge on any atom is 0.143 e. The highest BCUT2D eigenvalue weighted by Crippen LogP contribution is 2.32. The van der Waals surface area contributed by atoms with Crippen LogP contribution in [0.2, 0.25) is 0 Å². The highest BCUT2D eigenvalue weighted by molar-refractivity contribution is 5.77. The van der Waals surface area contributed by atoms with Crippen LogP contribution in [0.4, 0.5) is 0 Å². The molecule has 0 unspecified atom stereocenters. The molecule has 82 valence electrons. The van der Waals surface area contributed by atoms with Crippen LogP contribution in [0.25, 0.3) is 0 Å². The van der Waals surface area contributed by atoms with Crippen molar-refractivity contribution in [3.63, 3.8) is 0 Å². The van der Waals surface area contributed by atoms with Crippen LogP contribution in [-0.4, -0.2) is 30.3 Å². The Balaban J connectivity index is 2.03. The minimum Gasteiger partial charge on any atom is -0.299 e. The zero-order chi connectivity index (χ0) is 10.8. The van der Waals surface area contributed by atoms with Gasteiger partial charge in [0.05, 0.1) is 6.54 Å². The zero-order valence-corrected chi connectivity index (χ0v) is 9.52. The van der Waals surface area contributed by atoms with E-state index in [1.54, 1.807) is 6.92 Å². The third-order valence-corrected chi connectivity index (χ3v) is 3.42. The van der Waals surface area contributed by atoms with Gasteiger partial charge in [-0.25, -0.2) is 0 Å². The number of rotatable bonds is 2. The molecule has 2 heteroatoms. The number of carbonyl (C=O) groups excluding carboxylic acids is 1. The van der Waals surface area contributed by atoms with Crippen molar-refractivity contribution < 1.29 is 4.79 Å². The van der Waals surface area contributed by atoms with Gasteiger partial charge in [0.25, 0.3) is 0 Å². The fraction of sp³-hybridized carbons (Fsp3) is 0.615. The van der Waals surface area contributed by atoms with E-state index in [0.29, 0.717) is 24.3 Å². The van der Waals surface area contributed by atoms with E-state index in [0.717, 1.165) is 13.1 Å². The summed E-state index contributed by atoms with van der Waals surface area (Å²) in [5, 5.41) is 0. The summed E-state index contributed by atoms with van der Waals surface area (Å²) in [6.45, 7) is 6.67. The molecule has 1 fully saturated rings. The van der Waals surface area contributed by atoms with Crippen LogP contribution in [0.3, 0.4) is 0 Å². The Morgan fingerprint density at radius 3 is 2.80 bits per heavy atom. The SMILES string of the molecule is CC(=O)CN1C[C@H](C)[C@H]2C=CC=C[C@H]2C1. The lowest BCUT2D eigenvalue weighted by molar-refractivity contribution is -0.118. The lowest BCUT2D eigenvalue weighted by Crippen LogP contribution is -2.46. The number of hydrogen-bond donors (Lipinski definition) is 0. The molecule has 3 atom stereocenters. The molecule has 0 aromatic heterocycles. The molecule has 1 heterocycles. The Morgan fingerprint density at radius 1 is 1.33 bits per heavy atom. The van der Waals surface area contributed by atoms with Crippen LogP contribution >= 0.6 is 0 Å². The van der Waals surface area contributed by atoms with Gasteiger partial charge in [0.2, 0.25) is 0 Å². The number of Topliss-reactive ketones (excluding diaryl/α,β-unsaturated/α-hetero) is 1. The third-order valence-electron chi connectivity index (χ3n) is 3.42. The van der Waals surface area contributed by atoms with Crippen molar-refractivity contribution in [2.75, 3.05) is 19.6 Å². The molecule has 0 aromatic rings. The van der Waals surface area contributed by atoms with Crippen molar-refractivity contribution in [2.24, 2.45) is 17.8 Å². The maximum atomic E-state index is 11.1. The second-order valence-corrected chi connectivity index (χ2v) is 4.88. The fourth-order valence-corrected chi connectivity index (χ4v) is 2.81. The fourth-order valence-electron chi connectivity index (χ4n) is 2.81. The van der Waals surface area contributed by atoms with Gasteiger partial charge in [-0.3, -0.25) is 9.69 Å². The van der Waals surface area contributed by atoms with Gasteiger partial charge < -0.3 is 0 Å². The third kappa shape index (κ3) is 2.37. The molecule has 1 saturated heterocycles. The quantitative estimate of drug-likeness (QED) is 0.686. The van der Waals surface area contributed by atoms with Gasteiger partial charge in [0, 0.05) is 13.1 Å². The smallest absolute Gasteiger partial charge is 0.143 e. The summed E-state index contributed by atoms with van der Waals surface area (Å²) in [5.41, 5.74) is 0. The molecule has 0 N–H and O–H groups in total. The molecule has 2 nitrogen and oxygen atoms in total. The molecule has 1 aliphatic carbocycles. The minimum atomic E-state index is 0.274. The van der Waals surface area contributed by atoms with E-state index in [2.05, 4.69) is 36.1 Å². The Bertz CT molecular complexity index is 306. The summed E-state index contributed by atoms with van der Waals surface area (Å²) in [5.74, 6) is 2.22. The number of piperidine rings is 1. The molecular formula is C13H19NO. The molecule has 1 aliphatic heterocycles. The van der Waals surface area contributed by atoms with Crippen LogP contribution in [0.1, 0.15) is 13.8 Å². The van der Waals surface area contributed by atoms with Crippen molar-refractivity contribution >= 4 is 5.78 Å². The largest absolute Gasteiger partial charge is 0.299 e. The van der Waals surface area contributed by atoms with Crippen LogP contribution in [0, 0.1) is 17.8 Å². The summed E-state index contributed by atoms with van der Waals surface area (Å²) in [7, 11) is 0. The van der Waals surface area contributed by atoms with Crippen LogP contribution in [-0.2, 0) is 4.79 Å². The number of hydrogen-bond acceptors (Lipinski definition) is 2. The molecule has 0 aromatic carbocycles. The highest BCUT2D eigenvalue weighted by atomic mass is 16.1. The maximum absolute atomic E-state index is 11.1. The lowest BCUT2D eigenvalue weighted by Gasteiger charge is -2.41. The molecule has 0 bridgehead atoms. The highest BCUT2D eigenvalue weighted by Gasteiger charge is 2.32. The first-order chi connectivity index (χ1) is 7.16. The molecule has 0 spiro atoms. The first-order valence-electron chi connectivity index (χ1n) is 5.73. The van der Waals surface area contributed by atoms with E-state index in [1.165, 1.54) is 0 Å². The summed E-state index contributed by atoms with van der Waals surface area (Å²) >= 11 is 0. The standard InChI is InChI=1S/C13H19NO/c1-10-7-14(8-11(2)15)9-12-5-3-4-6-13(10)12/h3-6,10,12-13H,7-9H2,1-2H3/t10-,12-,13+/m0/s1. The van der Waals surface area contributed by atoms with Crippen LogP contribution in [0.15, 0.2) is 24.3 Å². The number of likely N-dealkylation sites (tertiary alicyclic amines) is 1. The van der Waals surface area contributed by atoms with Gasteiger partial charge >= 0.3 is 0 Å². The predicted octanol–water partition coefficient (Wildman–Crippen LogP) is 1.89. The van der Waals surface area contributed by atoms with Gasteiger partial charge in [-0.2, -0.15) is 0 Å². The Kier molecular flexibility index (Phi) is 3.06. The predicted molar refractivity (Wildman–Crippen MR) is 61.5 cm³/mol. The van der Waals surface area contributed by atoms with Crippen molar-refractivity contribution in [3.8, 4) is 0 Å². The van der Waals surface area contributed by atoms with Crippen molar-refractivity contribution in [3.05, 3.63) is 24.3 Å². The second kappa shape index (κ2) is 4.31. The number of nitrogens with zero attached hydrogens (tertiary/aromatic N) is 1. The molecule has 0 radical (unpaired) electrons. The number of allylic oxidation sites excluding steroid dienone is 3. The average molecular weight is 205 g/mol. The minimum absolute atomic E-state index is 0.274. The lowest BCUT2D eigenvalue weighted by atomic mass is 9.76. The second-order valence-electron chi connectivity index (χ2n) is 4.88. The van der Waals surface area contributed by atoms with Crippen LogP contribution < -0.4 is 0 Å². The first kappa shape index (κ1) is 10.6. The molecule has 2 rings (SSSR count). The van der Waals surface area contributed by atoms with Crippen molar-refractivity contribution in [1.82, 2.24) is 4.90 Å². The summed E-state index contributed by atoms with van der Waals surface area (Å²) in [4.78, 5) is 13.4. The van der Waals surface area contributed by atoms with E-state index in [9.17, 15) is 4.79 Å². The topological polar surface area (TPSA) is 20.3 Å². The normalized spacial score (nSPS) is 35.2. The Morgan fingerprint density at radius 2 is 2.07 bits per heavy atom. The average Bonchev–Trinajstić information content (AvgIpc) is 2.16. The summed E-state index contributed by atoms with van der Waals surface area (Å²) in [6, 6.07) is 0. The Hall–Kier alpha value is -0.890. The molecule has 0 amide bonds. The molecule has 15 heavy (non-hydrogen) atoms. The Labute approximate surface area is 91.6 Å². The zero-order valence-electron chi connectivity index (χ0n) is 9.52. The van der Waals surface area contributed by atoms with E-state index >= 15 is 0 Å². The molecular weight excluding hydrogens is 186 g/mol. The van der Waals surface area contributed by atoms with Gasteiger partial charge in [0.1, 0.15) is 5.78 Å².